The average molecular weight is 258 g/mol. The van der Waals surface area contributed by atoms with Gasteiger partial charge in [0.05, 0.1) is 0 Å². The van der Waals surface area contributed by atoms with Gasteiger partial charge in [-0.25, -0.2) is 0 Å². The van der Waals surface area contributed by atoms with Crippen LogP contribution in [-0.2, 0) is 11.2 Å². The van der Waals surface area contributed by atoms with Gasteiger partial charge in [-0.05, 0) is 36.8 Å². The van der Waals surface area contributed by atoms with Gasteiger partial charge in [-0.1, -0.05) is 56.9 Å². The van der Waals surface area contributed by atoms with Crippen molar-refractivity contribution in [2.24, 2.45) is 0 Å². The van der Waals surface area contributed by atoms with Crippen molar-refractivity contribution in [1.82, 2.24) is 0 Å². The number of carbonyl (C=O) groups excluding carboxylic acids is 1. The zero-order chi connectivity index (χ0) is 13.5. The van der Waals surface area contributed by atoms with Crippen LogP contribution in [0.15, 0.2) is 24.3 Å². The molecule has 1 aromatic rings. The summed E-state index contributed by atoms with van der Waals surface area (Å²) in [5.74, 6) is 0.666. The summed E-state index contributed by atoms with van der Waals surface area (Å²) in [6.45, 7) is 2.23. The molecule has 0 N–H and O–H groups in total. The van der Waals surface area contributed by atoms with Crippen molar-refractivity contribution in [3.05, 3.63) is 35.4 Å². The van der Waals surface area contributed by atoms with Gasteiger partial charge >= 0.3 is 0 Å². The van der Waals surface area contributed by atoms with E-state index in [1.54, 1.807) is 0 Å². The van der Waals surface area contributed by atoms with Crippen LogP contribution in [0.2, 0.25) is 0 Å². The van der Waals surface area contributed by atoms with E-state index in [4.69, 9.17) is 0 Å². The van der Waals surface area contributed by atoms with Crippen LogP contribution in [0.4, 0.5) is 0 Å². The minimum atomic E-state index is 0.191. The molecule has 0 fully saturated rings. The fraction of sp³-hybridized carbons (Fsp3) is 0.611. The molecule has 0 amide bonds. The molecule has 0 spiro atoms. The van der Waals surface area contributed by atoms with Gasteiger partial charge in [0.15, 0.2) is 0 Å². The highest BCUT2D eigenvalue weighted by Crippen LogP contribution is 2.33. The Hall–Kier alpha value is -1.11. The Morgan fingerprint density at radius 1 is 1.16 bits per heavy atom. The van der Waals surface area contributed by atoms with Crippen LogP contribution in [0.3, 0.4) is 0 Å². The molecule has 0 saturated heterocycles. The third kappa shape index (κ3) is 3.92. The van der Waals surface area contributed by atoms with Gasteiger partial charge in [-0.3, -0.25) is 4.79 Å². The van der Waals surface area contributed by atoms with Crippen LogP contribution in [0.25, 0.3) is 0 Å². The number of aryl methyl sites for hydroxylation is 1. The lowest BCUT2D eigenvalue weighted by Gasteiger charge is -2.24. The highest BCUT2D eigenvalue weighted by Gasteiger charge is 2.25. The molecule has 0 bridgehead atoms. The fourth-order valence-corrected chi connectivity index (χ4v) is 3.17. The molecule has 1 heteroatoms. The normalized spacial score (nSPS) is 18.1. The van der Waals surface area contributed by atoms with Crippen LogP contribution < -0.4 is 0 Å². The summed E-state index contributed by atoms with van der Waals surface area (Å²) in [7, 11) is 0. The van der Waals surface area contributed by atoms with E-state index in [2.05, 4.69) is 31.2 Å². The molecule has 1 nitrogen and oxygen atoms in total. The van der Waals surface area contributed by atoms with E-state index in [0.717, 1.165) is 25.7 Å². The van der Waals surface area contributed by atoms with E-state index in [0.29, 0.717) is 5.78 Å². The van der Waals surface area contributed by atoms with E-state index in [1.807, 2.05) is 0 Å². The lowest BCUT2D eigenvalue weighted by molar-refractivity contribution is -0.120. The predicted molar refractivity (Wildman–Crippen MR) is 80.5 cm³/mol. The molecule has 0 aromatic heterocycles. The van der Waals surface area contributed by atoms with Crippen LogP contribution in [0, 0.1) is 0 Å². The number of benzene rings is 1. The molecule has 1 aliphatic rings. The van der Waals surface area contributed by atoms with Crippen molar-refractivity contribution >= 4 is 5.78 Å². The highest BCUT2D eigenvalue weighted by molar-refractivity contribution is 5.86. The second kappa shape index (κ2) is 7.47. The van der Waals surface area contributed by atoms with Gasteiger partial charge in [0.2, 0.25) is 0 Å². The van der Waals surface area contributed by atoms with Crippen molar-refractivity contribution in [3.63, 3.8) is 0 Å². The summed E-state index contributed by atoms with van der Waals surface area (Å²) in [5, 5.41) is 0. The maximum atomic E-state index is 12.4. The Bertz CT molecular complexity index is 408. The smallest absolute Gasteiger partial charge is 0.140 e. The Balaban J connectivity index is 1.86. The van der Waals surface area contributed by atoms with Gasteiger partial charge in [0, 0.05) is 12.3 Å². The molecule has 0 radical (unpaired) electrons. The summed E-state index contributed by atoms with van der Waals surface area (Å²) in [5.41, 5.74) is 2.71. The molecule has 0 heterocycles. The lowest BCUT2D eigenvalue weighted by Crippen LogP contribution is -2.18. The summed E-state index contributed by atoms with van der Waals surface area (Å²) in [4.78, 5) is 12.4. The molecular weight excluding hydrogens is 232 g/mol. The van der Waals surface area contributed by atoms with Crippen molar-refractivity contribution in [1.29, 1.82) is 0 Å². The molecule has 1 aromatic carbocycles. The summed E-state index contributed by atoms with van der Waals surface area (Å²) < 4.78 is 0. The van der Waals surface area contributed by atoms with E-state index in [1.165, 1.54) is 43.2 Å². The molecule has 0 aliphatic heterocycles. The Morgan fingerprint density at radius 3 is 2.79 bits per heavy atom. The van der Waals surface area contributed by atoms with Crippen LogP contribution >= 0.6 is 0 Å². The molecule has 1 atom stereocenters. The standard InChI is InChI=1S/C18H26O/c1-2-3-4-5-6-14-18(19)17-13-9-11-15-10-7-8-12-16(15)17/h7-8,10,12,17H,2-6,9,11,13-14H2,1H3. The Kier molecular flexibility index (Phi) is 5.62. The molecule has 0 saturated carbocycles. The van der Waals surface area contributed by atoms with Crippen LogP contribution in [-0.4, -0.2) is 5.78 Å². The zero-order valence-electron chi connectivity index (χ0n) is 12.2. The van der Waals surface area contributed by atoms with Crippen LogP contribution in [0.5, 0.6) is 0 Å². The van der Waals surface area contributed by atoms with E-state index >= 15 is 0 Å². The van der Waals surface area contributed by atoms with Gasteiger partial charge in [-0.15, -0.1) is 0 Å². The molecule has 104 valence electrons. The number of unbranched alkanes of at least 4 members (excludes halogenated alkanes) is 4. The number of carbonyl (C=O) groups is 1. The topological polar surface area (TPSA) is 17.1 Å². The van der Waals surface area contributed by atoms with E-state index in [9.17, 15) is 4.79 Å². The summed E-state index contributed by atoms with van der Waals surface area (Å²) in [6, 6.07) is 8.52. The zero-order valence-corrected chi connectivity index (χ0v) is 12.2. The average Bonchev–Trinajstić information content (AvgIpc) is 2.46. The van der Waals surface area contributed by atoms with Crippen molar-refractivity contribution < 1.29 is 4.79 Å². The van der Waals surface area contributed by atoms with Gasteiger partial charge in [-0.2, -0.15) is 0 Å². The van der Waals surface area contributed by atoms with Crippen molar-refractivity contribution in [2.45, 2.75) is 70.6 Å². The SMILES string of the molecule is CCCCCCCC(=O)C1CCCc2ccccc21. The second-order valence-corrected chi connectivity index (χ2v) is 5.77. The molecule has 1 aliphatic carbocycles. The molecule has 19 heavy (non-hydrogen) atoms. The van der Waals surface area contributed by atoms with E-state index in [-0.39, 0.29) is 5.92 Å². The summed E-state index contributed by atoms with van der Waals surface area (Å²) in [6.07, 6.45) is 10.3. The minimum Gasteiger partial charge on any atom is -0.299 e. The van der Waals surface area contributed by atoms with Crippen LogP contribution in [0.1, 0.15) is 75.3 Å². The summed E-state index contributed by atoms with van der Waals surface area (Å²) >= 11 is 0. The molecule has 2 rings (SSSR count). The third-order valence-electron chi connectivity index (χ3n) is 4.28. The maximum Gasteiger partial charge on any atom is 0.140 e. The minimum absolute atomic E-state index is 0.191. The van der Waals surface area contributed by atoms with Gasteiger partial charge in [0.25, 0.3) is 0 Å². The Morgan fingerprint density at radius 2 is 1.95 bits per heavy atom. The first kappa shape index (κ1) is 14.3. The van der Waals surface area contributed by atoms with Gasteiger partial charge < -0.3 is 0 Å². The molecular formula is C18H26O. The number of rotatable bonds is 7. The number of hydrogen-bond acceptors (Lipinski definition) is 1. The number of hydrogen-bond donors (Lipinski definition) is 0. The Labute approximate surface area is 117 Å². The number of fused-ring (bicyclic) bond motifs is 1. The first-order valence-corrected chi connectivity index (χ1v) is 7.93. The monoisotopic (exact) mass is 258 g/mol. The maximum absolute atomic E-state index is 12.4. The third-order valence-corrected chi connectivity index (χ3v) is 4.28. The fourth-order valence-electron chi connectivity index (χ4n) is 3.17. The second-order valence-electron chi connectivity index (χ2n) is 5.77. The first-order valence-electron chi connectivity index (χ1n) is 7.93. The lowest BCUT2D eigenvalue weighted by atomic mass is 9.79. The quantitative estimate of drug-likeness (QED) is 0.626. The number of Topliss-reactive ketones (excluding diaryl/α,β-unsaturated/α-hetero) is 1. The van der Waals surface area contributed by atoms with Crippen molar-refractivity contribution in [2.75, 3.05) is 0 Å². The first-order chi connectivity index (χ1) is 9.33. The predicted octanol–water partition coefficient (Wildman–Crippen LogP) is 5.04. The molecule has 1 unspecified atom stereocenters. The van der Waals surface area contributed by atoms with E-state index < -0.39 is 0 Å². The van der Waals surface area contributed by atoms with Crippen molar-refractivity contribution in [3.8, 4) is 0 Å². The number of ketones is 1. The highest BCUT2D eigenvalue weighted by atomic mass is 16.1. The largest absolute Gasteiger partial charge is 0.299 e. The van der Waals surface area contributed by atoms with Gasteiger partial charge in [0.1, 0.15) is 5.78 Å².